The lowest BCUT2D eigenvalue weighted by Gasteiger charge is -2.22. The van der Waals surface area contributed by atoms with Gasteiger partial charge in [-0.25, -0.2) is 16.4 Å². The lowest BCUT2D eigenvalue weighted by molar-refractivity contribution is -0.137. The number of alkyl halides is 3. The Kier molecular flexibility index (Phi) is 6.51. The van der Waals surface area contributed by atoms with Gasteiger partial charge in [-0.1, -0.05) is 23.9 Å². The third-order valence-corrected chi connectivity index (χ3v) is 7.08. The fraction of sp³-hybridized carbons (Fsp3) is 0.421. The van der Waals surface area contributed by atoms with Gasteiger partial charge in [0.25, 0.3) is 0 Å². The predicted molar refractivity (Wildman–Crippen MR) is 103 cm³/mol. The van der Waals surface area contributed by atoms with Crippen molar-refractivity contribution in [3.8, 4) is 0 Å². The molecule has 0 aliphatic heterocycles. The van der Waals surface area contributed by atoms with E-state index in [-0.39, 0.29) is 18.0 Å². The molecule has 4 atom stereocenters. The second-order valence-corrected chi connectivity index (χ2v) is 8.95. The second-order valence-electron chi connectivity index (χ2n) is 6.75. The van der Waals surface area contributed by atoms with Crippen molar-refractivity contribution in [2.24, 2.45) is 5.92 Å². The molecule has 154 valence electrons. The van der Waals surface area contributed by atoms with E-state index < -0.39 is 35.8 Å². The number of rotatable bonds is 6. The average molecular weight is 442 g/mol. The van der Waals surface area contributed by atoms with Gasteiger partial charge in [-0.15, -0.1) is 11.3 Å². The topological polar surface area (TPSA) is 74.8 Å². The highest BCUT2D eigenvalue weighted by atomic mass is 32.2. The average Bonchev–Trinajstić information content (AvgIpc) is 3.26. The summed E-state index contributed by atoms with van der Waals surface area (Å²) in [5.74, 6) is -1.15. The first kappa shape index (κ1) is 21.6. The molecule has 1 aliphatic rings. The van der Waals surface area contributed by atoms with Crippen LogP contribution >= 0.6 is 23.1 Å². The van der Waals surface area contributed by atoms with Crippen LogP contribution in [0.4, 0.5) is 13.2 Å². The molecule has 1 aromatic heterocycles. The molecule has 0 bridgehead atoms. The van der Waals surface area contributed by atoms with Gasteiger partial charge in [0, 0.05) is 29.4 Å². The summed E-state index contributed by atoms with van der Waals surface area (Å²) in [5, 5.41) is 20.9. The van der Waals surface area contributed by atoms with Gasteiger partial charge in [-0.2, -0.15) is 13.2 Å². The zero-order chi connectivity index (χ0) is 21.2. The minimum Gasteiger partial charge on any atom is -0.476 e. The third-order valence-electron chi connectivity index (χ3n) is 5.02. The Morgan fingerprint density at radius 1 is 1.34 bits per heavy atom. The molecule has 10 heteroatoms. The van der Waals surface area contributed by atoms with Crippen molar-refractivity contribution in [2.75, 3.05) is 5.75 Å². The van der Waals surface area contributed by atoms with Crippen molar-refractivity contribution in [1.29, 1.82) is 0 Å². The maximum atomic E-state index is 12.8. The third kappa shape index (κ3) is 4.91. The number of nitrogens with zero attached hydrogens (tertiary/aromatic N) is 2. The lowest BCUT2D eigenvalue weighted by atomic mass is 9.84. The van der Waals surface area contributed by atoms with Crippen LogP contribution in [0.3, 0.4) is 0 Å². The number of halogens is 3. The Morgan fingerprint density at radius 2 is 2.03 bits per heavy atom. The number of thiazole rings is 1. The van der Waals surface area contributed by atoms with Gasteiger partial charge >= 0.3 is 12.1 Å². The number of hydrogen-bond donors (Lipinski definition) is 2. The maximum absolute atomic E-state index is 12.8. The van der Waals surface area contributed by atoms with Gasteiger partial charge < -0.3 is 15.1 Å². The van der Waals surface area contributed by atoms with E-state index in [1.54, 1.807) is 0 Å². The number of benzene rings is 1. The molecule has 1 heterocycles. The number of thioether (sulfide) groups is 1. The Balaban J connectivity index is 1.71. The number of carbonyl (C=O) groups is 1. The van der Waals surface area contributed by atoms with Crippen LogP contribution in [0.2, 0.25) is 0 Å². The summed E-state index contributed by atoms with van der Waals surface area (Å²) in [7, 11) is 0. The van der Waals surface area contributed by atoms with Gasteiger partial charge in [0.05, 0.1) is 11.7 Å². The maximum Gasteiger partial charge on any atom is 0.416 e. The highest BCUT2D eigenvalue weighted by molar-refractivity contribution is 8.01. The molecule has 1 aromatic carbocycles. The summed E-state index contributed by atoms with van der Waals surface area (Å²) in [4.78, 5) is 18.5. The standard InChI is InChI=1S/C19H17F3N2O3S2/c1-23-13-8-15(25)16(10-2-4-11(5-3-10)19(20,21)22)12(13)6-7-28-18-24-14(9-29-18)17(26)27/h2-5,9,12-13,15-16,25H,6-8H2,(H,26,27)/t12?,13-,15-,16?/m1/s1. The van der Waals surface area contributed by atoms with Gasteiger partial charge in [-0.05, 0) is 24.1 Å². The first-order chi connectivity index (χ1) is 13.7. The number of aromatic carboxylic acids is 1. The van der Waals surface area contributed by atoms with Gasteiger partial charge in [-0.3, -0.25) is 0 Å². The molecule has 1 fully saturated rings. The molecule has 2 unspecified atom stereocenters. The fourth-order valence-corrected chi connectivity index (χ4v) is 5.59. The summed E-state index contributed by atoms with van der Waals surface area (Å²) in [6.07, 6.45) is -4.38. The molecule has 5 nitrogen and oxygen atoms in total. The minimum absolute atomic E-state index is 0.0181. The normalized spacial score (nSPS) is 24.4. The van der Waals surface area contributed by atoms with Gasteiger partial charge in [0.1, 0.15) is 0 Å². The number of aliphatic hydroxyl groups excluding tert-OH is 1. The first-order valence-electron chi connectivity index (χ1n) is 8.74. The van der Waals surface area contributed by atoms with E-state index in [2.05, 4.69) is 9.83 Å². The number of aliphatic hydroxyl groups is 1. The second kappa shape index (κ2) is 8.73. The summed E-state index contributed by atoms with van der Waals surface area (Å²) in [6, 6.07) is 4.35. The first-order valence-corrected chi connectivity index (χ1v) is 10.6. The van der Waals surface area contributed by atoms with Crippen LogP contribution < -0.4 is 0 Å². The predicted octanol–water partition coefficient (Wildman–Crippen LogP) is 4.79. The Bertz CT molecular complexity index is 909. The Morgan fingerprint density at radius 3 is 2.59 bits per heavy atom. The van der Waals surface area contributed by atoms with Crippen molar-refractivity contribution in [2.45, 2.75) is 41.4 Å². The van der Waals surface area contributed by atoms with E-state index in [1.165, 1.54) is 40.6 Å². The van der Waals surface area contributed by atoms with Crippen LogP contribution in [-0.2, 0) is 6.18 Å². The minimum atomic E-state index is -4.43. The summed E-state index contributed by atoms with van der Waals surface area (Å²) >= 11 is 2.60. The molecule has 2 aromatic rings. The number of carboxylic acid groups (broad SMARTS) is 1. The summed E-state index contributed by atoms with van der Waals surface area (Å²) in [5.41, 5.74) is -0.176. The van der Waals surface area contributed by atoms with Crippen LogP contribution in [0, 0.1) is 12.5 Å². The molecule has 0 amide bonds. The van der Waals surface area contributed by atoms with Crippen LogP contribution in [0.5, 0.6) is 0 Å². The van der Waals surface area contributed by atoms with Crippen molar-refractivity contribution in [1.82, 2.24) is 4.98 Å². The molecule has 1 saturated carbocycles. The number of hydrogen-bond acceptors (Lipinski definition) is 5. The fourth-order valence-electron chi connectivity index (χ4n) is 3.68. The number of aromatic nitrogens is 1. The van der Waals surface area contributed by atoms with E-state index in [4.69, 9.17) is 11.7 Å². The van der Waals surface area contributed by atoms with E-state index >= 15 is 0 Å². The molecule has 2 N–H and O–H groups in total. The molecule has 0 saturated heterocycles. The molecule has 29 heavy (non-hydrogen) atoms. The SMILES string of the molecule is [C-]#[N+][C@@H]1C[C@@H](O)C(c2ccc(C(F)(F)F)cc2)C1CCSc1nc(C(=O)O)cs1. The smallest absolute Gasteiger partial charge is 0.416 e. The van der Waals surface area contributed by atoms with Crippen molar-refractivity contribution in [3.63, 3.8) is 0 Å². The molecule has 1 aliphatic carbocycles. The van der Waals surface area contributed by atoms with E-state index in [0.717, 1.165) is 12.1 Å². The molecular weight excluding hydrogens is 425 g/mol. The largest absolute Gasteiger partial charge is 0.476 e. The monoisotopic (exact) mass is 442 g/mol. The molecule has 0 spiro atoms. The Hall–Kier alpha value is -2.09. The van der Waals surface area contributed by atoms with Crippen molar-refractivity contribution in [3.05, 3.63) is 57.9 Å². The highest BCUT2D eigenvalue weighted by Gasteiger charge is 2.47. The van der Waals surface area contributed by atoms with Crippen molar-refractivity contribution >= 4 is 29.1 Å². The highest BCUT2D eigenvalue weighted by Crippen LogP contribution is 2.45. The molecular formula is C19H17F3N2O3S2. The lowest BCUT2D eigenvalue weighted by Crippen LogP contribution is -2.20. The van der Waals surface area contributed by atoms with E-state index in [1.807, 2.05) is 0 Å². The quantitative estimate of drug-likeness (QED) is 0.497. The zero-order valence-corrected chi connectivity index (χ0v) is 16.6. The summed E-state index contributed by atoms with van der Waals surface area (Å²) < 4.78 is 39.0. The van der Waals surface area contributed by atoms with Crippen LogP contribution in [0.25, 0.3) is 4.85 Å². The summed E-state index contributed by atoms with van der Waals surface area (Å²) in [6.45, 7) is 7.42. The molecule has 0 radical (unpaired) electrons. The Labute approximate surface area is 173 Å². The zero-order valence-electron chi connectivity index (χ0n) is 15.0. The van der Waals surface area contributed by atoms with Crippen LogP contribution in [-0.4, -0.2) is 39.1 Å². The van der Waals surface area contributed by atoms with Crippen LogP contribution in [0.1, 0.15) is 40.4 Å². The van der Waals surface area contributed by atoms with Crippen LogP contribution in [0.15, 0.2) is 34.0 Å². The number of carboxylic acids is 1. The van der Waals surface area contributed by atoms with E-state index in [9.17, 15) is 23.1 Å². The molecule has 3 rings (SSSR count). The van der Waals surface area contributed by atoms with E-state index in [0.29, 0.717) is 22.1 Å². The van der Waals surface area contributed by atoms with Gasteiger partial charge in [0.2, 0.25) is 6.04 Å². The van der Waals surface area contributed by atoms with Gasteiger partial charge in [0.15, 0.2) is 10.0 Å². The van der Waals surface area contributed by atoms with Crippen molar-refractivity contribution < 1.29 is 28.2 Å².